The van der Waals surface area contributed by atoms with E-state index < -0.39 is 17.8 Å². The first-order chi connectivity index (χ1) is 15.3. The normalized spacial score (nSPS) is 18.6. The molecular weight excluding hydrogens is 425 g/mol. The molecule has 1 aliphatic carbocycles. The second-order valence-corrected chi connectivity index (χ2v) is 8.10. The van der Waals surface area contributed by atoms with Gasteiger partial charge in [-0.25, -0.2) is 0 Å². The molecule has 2 aliphatic rings. The third-order valence-corrected chi connectivity index (χ3v) is 6.01. The van der Waals surface area contributed by atoms with E-state index in [2.05, 4.69) is 10.4 Å². The molecule has 1 saturated heterocycles. The Hall–Kier alpha value is -3.04. The molecular formula is C22H25F3N4O3. The first-order valence-electron chi connectivity index (χ1n) is 10.7. The third-order valence-electron chi connectivity index (χ3n) is 6.01. The van der Waals surface area contributed by atoms with E-state index in [1.54, 1.807) is 29.2 Å². The second-order valence-electron chi connectivity index (χ2n) is 8.10. The van der Waals surface area contributed by atoms with E-state index in [-0.39, 0.29) is 43.4 Å². The highest BCUT2D eigenvalue weighted by Crippen LogP contribution is 2.35. The van der Waals surface area contributed by atoms with E-state index in [0.717, 1.165) is 12.8 Å². The summed E-state index contributed by atoms with van der Waals surface area (Å²) >= 11 is 0. The van der Waals surface area contributed by atoms with Crippen LogP contribution in [0.1, 0.15) is 36.2 Å². The Morgan fingerprint density at radius 3 is 2.81 bits per heavy atom. The molecule has 1 N–H and O–H groups in total. The molecule has 0 spiro atoms. The van der Waals surface area contributed by atoms with E-state index in [0.29, 0.717) is 30.0 Å². The molecule has 10 heteroatoms. The van der Waals surface area contributed by atoms with Gasteiger partial charge in [0.15, 0.2) is 5.69 Å². The summed E-state index contributed by atoms with van der Waals surface area (Å²) in [4.78, 5) is 26.6. The maximum Gasteiger partial charge on any atom is 0.435 e. The number of carbonyl (C=O) groups excluding carboxylic acids is 2. The van der Waals surface area contributed by atoms with Gasteiger partial charge in [0, 0.05) is 42.5 Å². The number of anilines is 1. The number of aromatic nitrogens is 2. The first kappa shape index (κ1) is 22.2. The molecule has 4 rings (SSSR count). The second kappa shape index (κ2) is 8.84. The number of hydrogen-bond donors (Lipinski definition) is 1. The van der Waals surface area contributed by atoms with Gasteiger partial charge < -0.3 is 15.0 Å². The molecule has 32 heavy (non-hydrogen) atoms. The summed E-state index contributed by atoms with van der Waals surface area (Å²) in [6, 6.07) is 7.05. The Morgan fingerprint density at radius 2 is 2.06 bits per heavy atom. The van der Waals surface area contributed by atoms with Gasteiger partial charge in [0.05, 0.1) is 19.6 Å². The number of ether oxygens (including phenoxy) is 1. The molecule has 1 atom stereocenters. The number of benzene rings is 1. The standard InChI is InChI=1S/C22H25F3N4O3/c1-32-16-6-4-5-15(12-16)28-13-14(11-19(28)30)21(31)26-9-10-29-18-8-3-2-7-17(18)20(27-29)22(23,24)25/h4-6,12,14H,2-3,7-11,13H2,1H3,(H,26,31). The zero-order valence-electron chi connectivity index (χ0n) is 17.7. The number of carbonyl (C=O) groups is 2. The Labute approximate surface area is 183 Å². The minimum atomic E-state index is -4.48. The summed E-state index contributed by atoms with van der Waals surface area (Å²) in [6.07, 6.45) is -1.92. The molecule has 0 bridgehead atoms. The fraction of sp³-hybridized carbons (Fsp3) is 0.500. The smallest absolute Gasteiger partial charge is 0.435 e. The van der Waals surface area contributed by atoms with Crippen LogP contribution in [0.2, 0.25) is 0 Å². The third kappa shape index (κ3) is 4.44. The number of hydrogen-bond acceptors (Lipinski definition) is 4. The molecule has 1 aromatic carbocycles. The van der Waals surface area contributed by atoms with Crippen molar-refractivity contribution < 1.29 is 27.5 Å². The van der Waals surface area contributed by atoms with Gasteiger partial charge in [-0.2, -0.15) is 18.3 Å². The largest absolute Gasteiger partial charge is 0.497 e. The van der Waals surface area contributed by atoms with E-state index in [1.165, 1.54) is 11.8 Å². The highest BCUT2D eigenvalue weighted by molar-refractivity contribution is 6.00. The van der Waals surface area contributed by atoms with Crippen LogP contribution >= 0.6 is 0 Å². The molecule has 7 nitrogen and oxygen atoms in total. The number of amides is 2. The molecule has 2 aromatic rings. The summed E-state index contributed by atoms with van der Waals surface area (Å²) in [5.74, 6) is -0.356. The highest BCUT2D eigenvalue weighted by atomic mass is 19.4. The van der Waals surface area contributed by atoms with Crippen molar-refractivity contribution >= 4 is 17.5 Å². The maximum atomic E-state index is 13.3. The van der Waals surface area contributed by atoms with Gasteiger partial charge in [-0.05, 0) is 37.8 Å². The van der Waals surface area contributed by atoms with Crippen LogP contribution in [-0.2, 0) is 35.2 Å². The van der Waals surface area contributed by atoms with Gasteiger partial charge >= 0.3 is 6.18 Å². The average molecular weight is 450 g/mol. The number of nitrogens with one attached hydrogen (secondary N) is 1. The lowest BCUT2D eigenvalue weighted by atomic mass is 9.95. The van der Waals surface area contributed by atoms with Crippen LogP contribution in [0.4, 0.5) is 18.9 Å². The van der Waals surface area contributed by atoms with E-state index in [9.17, 15) is 22.8 Å². The summed E-state index contributed by atoms with van der Waals surface area (Å²) < 4.78 is 46.5. The quantitative estimate of drug-likeness (QED) is 0.734. The lowest BCUT2D eigenvalue weighted by Crippen LogP contribution is -2.35. The van der Waals surface area contributed by atoms with Crippen molar-refractivity contribution in [2.45, 2.75) is 44.8 Å². The fourth-order valence-corrected chi connectivity index (χ4v) is 4.42. The molecule has 1 fully saturated rings. The van der Waals surface area contributed by atoms with Crippen molar-refractivity contribution in [3.63, 3.8) is 0 Å². The van der Waals surface area contributed by atoms with Gasteiger partial charge in [-0.3, -0.25) is 14.3 Å². The van der Waals surface area contributed by atoms with Crippen LogP contribution in [0.5, 0.6) is 5.75 Å². The van der Waals surface area contributed by atoms with Crippen molar-refractivity contribution in [1.29, 1.82) is 0 Å². The number of alkyl halides is 3. The number of halogens is 3. The predicted octanol–water partition coefficient (Wildman–Crippen LogP) is 2.96. The van der Waals surface area contributed by atoms with Crippen LogP contribution in [0.3, 0.4) is 0 Å². The minimum absolute atomic E-state index is 0.0818. The molecule has 1 unspecified atom stereocenters. The SMILES string of the molecule is COc1cccc(N2CC(C(=O)NCCn3nc(C(F)(F)F)c4c3CCCC4)CC2=O)c1. The molecule has 1 aromatic heterocycles. The number of nitrogens with zero attached hydrogens (tertiary/aromatic N) is 3. The lowest BCUT2D eigenvalue weighted by molar-refractivity contribution is -0.142. The number of methoxy groups -OCH3 is 1. The van der Waals surface area contributed by atoms with Crippen molar-refractivity contribution in [2.24, 2.45) is 5.92 Å². The molecule has 1 aliphatic heterocycles. The van der Waals surface area contributed by atoms with Crippen LogP contribution < -0.4 is 15.0 Å². The highest BCUT2D eigenvalue weighted by Gasteiger charge is 2.39. The predicted molar refractivity (Wildman–Crippen MR) is 110 cm³/mol. The number of rotatable bonds is 6. The zero-order valence-corrected chi connectivity index (χ0v) is 17.7. The summed E-state index contributed by atoms with van der Waals surface area (Å²) in [5, 5.41) is 6.56. The van der Waals surface area contributed by atoms with Crippen molar-refractivity contribution in [1.82, 2.24) is 15.1 Å². The van der Waals surface area contributed by atoms with Crippen LogP contribution in [-0.4, -0.2) is 41.8 Å². The molecule has 0 saturated carbocycles. The Morgan fingerprint density at radius 1 is 1.28 bits per heavy atom. The molecule has 0 radical (unpaired) electrons. The molecule has 2 amide bonds. The summed E-state index contributed by atoms with van der Waals surface area (Å²) in [5.41, 5.74) is 0.741. The molecule has 172 valence electrons. The Kier molecular flexibility index (Phi) is 6.12. The van der Waals surface area contributed by atoms with E-state index >= 15 is 0 Å². The van der Waals surface area contributed by atoms with E-state index in [4.69, 9.17) is 4.74 Å². The summed E-state index contributed by atoms with van der Waals surface area (Å²) in [7, 11) is 1.54. The van der Waals surface area contributed by atoms with Crippen molar-refractivity contribution in [3.8, 4) is 5.75 Å². The topological polar surface area (TPSA) is 76.5 Å². The maximum absolute atomic E-state index is 13.3. The van der Waals surface area contributed by atoms with Gasteiger partial charge in [-0.15, -0.1) is 0 Å². The lowest BCUT2D eigenvalue weighted by Gasteiger charge is -2.17. The van der Waals surface area contributed by atoms with Crippen molar-refractivity contribution in [2.75, 3.05) is 25.1 Å². The van der Waals surface area contributed by atoms with Gasteiger partial charge in [0.2, 0.25) is 11.8 Å². The van der Waals surface area contributed by atoms with Gasteiger partial charge in [0.25, 0.3) is 0 Å². The monoisotopic (exact) mass is 450 g/mol. The minimum Gasteiger partial charge on any atom is -0.497 e. The fourth-order valence-electron chi connectivity index (χ4n) is 4.42. The van der Waals surface area contributed by atoms with Gasteiger partial charge in [0.1, 0.15) is 5.75 Å². The molecule has 2 heterocycles. The zero-order chi connectivity index (χ0) is 22.9. The van der Waals surface area contributed by atoms with Crippen molar-refractivity contribution in [3.05, 3.63) is 41.2 Å². The van der Waals surface area contributed by atoms with Crippen LogP contribution in [0.15, 0.2) is 24.3 Å². The first-order valence-corrected chi connectivity index (χ1v) is 10.7. The van der Waals surface area contributed by atoms with E-state index in [1.807, 2.05) is 0 Å². The summed E-state index contributed by atoms with van der Waals surface area (Å²) in [6.45, 7) is 0.547. The number of fused-ring (bicyclic) bond motifs is 1. The van der Waals surface area contributed by atoms with Crippen LogP contribution in [0, 0.1) is 5.92 Å². The Bertz CT molecular complexity index is 1020. The van der Waals surface area contributed by atoms with Crippen LogP contribution in [0.25, 0.3) is 0 Å². The van der Waals surface area contributed by atoms with Gasteiger partial charge in [-0.1, -0.05) is 6.07 Å². The average Bonchev–Trinajstić information content (AvgIpc) is 3.35. The Balaban J connectivity index is 1.37.